The molecule has 3 amide bonds. The standard InChI is InChI=1S/C19H22N4O4S3/c24-18(17-16(7-10-29-17)30(26,27)23-8-11-28-12-9-23)20-13-1-3-14(4-2-13)21-19(25)22-15-5-6-15/h1-4,7,10,15H,5-6,8-9,11-12H2,(H,20,24)(H2,21,22,25). The number of rotatable bonds is 6. The van der Waals surface area contributed by atoms with Crippen molar-refractivity contribution in [2.45, 2.75) is 23.8 Å². The molecule has 1 aromatic heterocycles. The Labute approximate surface area is 183 Å². The maximum atomic E-state index is 13.0. The van der Waals surface area contributed by atoms with Gasteiger partial charge in [0.1, 0.15) is 9.77 Å². The third-order valence-corrected chi connectivity index (χ3v) is 8.66. The molecule has 2 fully saturated rings. The predicted molar refractivity (Wildman–Crippen MR) is 120 cm³/mol. The van der Waals surface area contributed by atoms with Gasteiger partial charge in [0.25, 0.3) is 5.91 Å². The monoisotopic (exact) mass is 466 g/mol. The van der Waals surface area contributed by atoms with Gasteiger partial charge in [0.15, 0.2) is 0 Å². The number of nitrogens with zero attached hydrogens (tertiary/aromatic N) is 1. The first-order valence-corrected chi connectivity index (χ1v) is 13.1. The molecule has 1 saturated carbocycles. The van der Waals surface area contributed by atoms with Crippen LogP contribution in [0.5, 0.6) is 0 Å². The fraction of sp³-hybridized carbons (Fsp3) is 0.368. The van der Waals surface area contributed by atoms with Crippen molar-refractivity contribution in [1.29, 1.82) is 0 Å². The summed E-state index contributed by atoms with van der Waals surface area (Å²) in [4.78, 5) is 24.8. The summed E-state index contributed by atoms with van der Waals surface area (Å²) in [5.74, 6) is 1.04. The average Bonchev–Trinajstić information content (AvgIpc) is 3.39. The van der Waals surface area contributed by atoms with Crippen LogP contribution in [0, 0.1) is 0 Å². The van der Waals surface area contributed by atoms with Crippen LogP contribution < -0.4 is 16.0 Å². The first-order chi connectivity index (χ1) is 14.4. The molecule has 2 heterocycles. The Morgan fingerprint density at radius 3 is 2.23 bits per heavy atom. The second-order valence-corrected chi connectivity index (χ2v) is 11.1. The van der Waals surface area contributed by atoms with E-state index in [1.54, 1.807) is 41.4 Å². The van der Waals surface area contributed by atoms with E-state index in [9.17, 15) is 18.0 Å². The summed E-state index contributed by atoms with van der Waals surface area (Å²) < 4.78 is 27.3. The molecule has 11 heteroatoms. The second-order valence-electron chi connectivity index (χ2n) is 7.03. The van der Waals surface area contributed by atoms with Gasteiger partial charge in [-0.05, 0) is 48.6 Å². The van der Waals surface area contributed by atoms with E-state index in [1.807, 2.05) is 0 Å². The fourth-order valence-electron chi connectivity index (χ4n) is 3.00. The molecule has 1 aromatic carbocycles. The average molecular weight is 467 g/mol. The van der Waals surface area contributed by atoms with Gasteiger partial charge in [-0.15, -0.1) is 11.3 Å². The second kappa shape index (κ2) is 8.96. The molecule has 160 valence electrons. The maximum Gasteiger partial charge on any atom is 0.319 e. The lowest BCUT2D eigenvalue weighted by Crippen LogP contribution is -2.38. The Morgan fingerprint density at radius 1 is 0.967 bits per heavy atom. The quantitative estimate of drug-likeness (QED) is 0.607. The van der Waals surface area contributed by atoms with Gasteiger partial charge in [-0.25, -0.2) is 13.2 Å². The van der Waals surface area contributed by atoms with Crippen molar-refractivity contribution in [3.63, 3.8) is 0 Å². The Hall–Kier alpha value is -2.08. The number of hydrogen-bond donors (Lipinski definition) is 3. The summed E-state index contributed by atoms with van der Waals surface area (Å²) in [5.41, 5.74) is 1.12. The topological polar surface area (TPSA) is 108 Å². The van der Waals surface area contributed by atoms with E-state index < -0.39 is 15.9 Å². The molecule has 3 N–H and O–H groups in total. The molecule has 0 radical (unpaired) electrons. The van der Waals surface area contributed by atoms with Gasteiger partial charge in [-0.1, -0.05) is 0 Å². The number of hydrogen-bond acceptors (Lipinski definition) is 6. The largest absolute Gasteiger partial charge is 0.335 e. The van der Waals surface area contributed by atoms with Crippen LogP contribution >= 0.6 is 23.1 Å². The minimum Gasteiger partial charge on any atom is -0.335 e. The summed E-state index contributed by atoms with van der Waals surface area (Å²) >= 11 is 2.82. The molecule has 0 unspecified atom stereocenters. The molecule has 0 bridgehead atoms. The minimum atomic E-state index is -3.70. The first kappa shape index (κ1) is 21.2. The van der Waals surface area contributed by atoms with Gasteiger partial charge in [-0.3, -0.25) is 4.79 Å². The van der Waals surface area contributed by atoms with E-state index in [1.165, 1.54) is 10.4 Å². The highest BCUT2D eigenvalue weighted by atomic mass is 32.2. The molecule has 30 heavy (non-hydrogen) atoms. The summed E-state index contributed by atoms with van der Waals surface area (Å²) in [6.45, 7) is 0.902. The molecule has 1 saturated heterocycles. The minimum absolute atomic E-state index is 0.0481. The van der Waals surface area contributed by atoms with Crippen molar-refractivity contribution in [1.82, 2.24) is 9.62 Å². The van der Waals surface area contributed by atoms with Gasteiger partial charge in [-0.2, -0.15) is 16.1 Å². The van der Waals surface area contributed by atoms with E-state index in [2.05, 4.69) is 16.0 Å². The molecule has 1 aliphatic heterocycles. The van der Waals surface area contributed by atoms with Crippen molar-refractivity contribution in [2.75, 3.05) is 35.2 Å². The van der Waals surface area contributed by atoms with Crippen molar-refractivity contribution in [3.8, 4) is 0 Å². The third-order valence-electron chi connectivity index (χ3n) is 4.74. The maximum absolute atomic E-state index is 13.0. The Kier molecular flexibility index (Phi) is 6.32. The zero-order valence-electron chi connectivity index (χ0n) is 16.1. The number of carbonyl (C=O) groups excluding carboxylic acids is 2. The normalized spacial score (nSPS) is 17.3. The van der Waals surface area contributed by atoms with Crippen LogP contribution in [0.1, 0.15) is 22.5 Å². The molecular weight excluding hydrogens is 444 g/mol. The predicted octanol–water partition coefficient (Wildman–Crippen LogP) is 3.02. The van der Waals surface area contributed by atoms with Crippen LogP contribution in [0.3, 0.4) is 0 Å². The van der Waals surface area contributed by atoms with Gasteiger partial charge >= 0.3 is 6.03 Å². The number of benzene rings is 1. The number of thiophene rings is 1. The van der Waals surface area contributed by atoms with E-state index >= 15 is 0 Å². The number of amides is 3. The van der Waals surface area contributed by atoms with Gasteiger partial charge in [0.2, 0.25) is 10.0 Å². The van der Waals surface area contributed by atoms with E-state index in [4.69, 9.17) is 0 Å². The molecule has 2 aromatic rings. The highest BCUT2D eigenvalue weighted by Gasteiger charge is 2.31. The van der Waals surface area contributed by atoms with Gasteiger partial charge in [0.05, 0.1) is 0 Å². The van der Waals surface area contributed by atoms with Crippen molar-refractivity contribution in [3.05, 3.63) is 40.6 Å². The van der Waals surface area contributed by atoms with Crippen LogP contribution in [0.15, 0.2) is 40.6 Å². The number of nitrogens with one attached hydrogen (secondary N) is 3. The number of anilines is 2. The lowest BCUT2D eigenvalue weighted by Gasteiger charge is -2.25. The van der Waals surface area contributed by atoms with Crippen molar-refractivity contribution >= 4 is 56.4 Å². The lowest BCUT2D eigenvalue weighted by molar-refractivity contribution is 0.102. The van der Waals surface area contributed by atoms with Crippen LogP contribution in [-0.4, -0.2) is 55.3 Å². The lowest BCUT2D eigenvalue weighted by atomic mass is 10.2. The zero-order chi connectivity index (χ0) is 21.1. The van der Waals surface area contributed by atoms with Crippen LogP contribution in [0.4, 0.5) is 16.2 Å². The number of sulfonamides is 1. The zero-order valence-corrected chi connectivity index (χ0v) is 18.5. The highest BCUT2D eigenvalue weighted by molar-refractivity contribution is 7.99. The molecule has 0 atom stereocenters. The summed E-state index contributed by atoms with van der Waals surface area (Å²) in [7, 11) is -3.70. The van der Waals surface area contributed by atoms with Crippen molar-refractivity contribution in [2.24, 2.45) is 0 Å². The third kappa shape index (κ3) is 4.97. The van der Waals surface area contributed by atoms with Gasteiger partial charge < -0.3 is 16.0 Å². The summed E-state index contributed by atoms with van der Waals surface area (Å²) in [6.07, 6.45) is 2.02. The smallest absolute Gasteiger partial charge is 0.319 e. The fourth-order valence-corrected chi connectivity index (χ4v) is 6.87. The summed E-state index contributed by atoms with van der Waals surface area (Å²) in [6, 6.07) is 8.19. The molecule has 0 spiro atoms. The Balaban J connectivity index is 1.42. The molecule has 8 nitrogen and oxygen atoms in total. The molecule has 2 aliphatic rings. The molecule has 4 rings (SSSR count). The molecule has 1 aliphatic carbocycles. The van der Waals surface area contributed by atoms with Crippen LogP contribution in [0.25, 0.3) is 0 Å². The highest BCUT2D eigenvalue weighted by Crippen LogP contribution is 2.28. The van der Waals surface area contributed by atoms with E-state index in [-0.39, 0.29) is 21.8 Å². The SMILES string of the molecule is O=C(Nc1ccc(NC(=O)c2sccc2S(=O)(=O)N2CCSCC2)cc1)NC1CC1. The Bertz CT molecular complexity index is 1030. The number of urea groups is 1. The van der Waals surface area contributed by atoms with E-state index in [0.29, 0.717) is 24.5 Å². The summed E-state index contributed by atoms with van der Waals surface area (Å²) in [5, 5.41) is 9.93. The van der Waals surface area contributed by atoms with Crippen molar-refractivity contribution < 1.29 is 18.0 Å². The van der Waals surface area contributed by atoms with E-state index in [0.717, 1.165) is 35.7 Å². The van der Waals surface area contributed by atoms with Crippen LogP contribution in [0.2, 0.25) is 0 Å². The van der Waals surface area contributed by atoms with Gasteiger partial charge in [0, 0.05) is 42.0 Å². The molecular formula is C19H22N4O4S3. The van der Waals surface area contributed by atoms with Crippen LogP contribution in [-0.2, 0) is 10.0 Å². The first-order valence-electron chi connectivity index (χ1n) is 9.58. The number of carbonyl (C=O) groups is 2. The Morgan fingerprint density at radius 2 is 1.60 bits per heavy atom. The number of thioether (sulfide) groups is 1.